The maximum absolute atomic E-state index is 13.5. The molecule has 1 aromatic carbocycles. The van der Waals surface area contributed by atoms with Gasteiger partial charge < -0.3 is 14.6 Å². The number of aromatic carboxylic acids is 1. The number of hydrogen-bond acceptors (Lipinski definition) is 3. The second-order valence-electron chi connectivity index (χ2n) is 4.58. The molecule has 4 nitrogen and oxygen atoms in total. The molecule has 1 N–H and O–H groups in total. The van der Waals surface area contributed by atoms with Gasteiger partial charge in [-0.3, -0.25) is 0 Å². The fourth-order valence-electron chi connectivity index (χ4n) is 2.12. The minimum Gasteiger partial charge on any atom is -0.491 e. The van der Waals surface area contributed by atoms with Crippen LogP contribution in [0.4, 0.5) is 4.39 Å². The van der Waals surface area contributed by atoms with Gasteiger partial charge in [0.25, 0.3) is 0 Å². The number of halogens is 1. The highest BCUT2D eigenvalue weighted by Crippen LogP contribution is 2.20. The van der Waals surface area contributed by atoms with E-state index >= 15 is 0 Å². The maximum Gasteiger partial charge on any atom is 0.335 e. The van der Waals surface area contributed by atoms with Crippen molar-refractivity contribution < 1.29 is 23.8 Å². The second-order valence-corrected chi connectivity index (χ2v) is 4.58. The SMILES string of the molecule is O=C(O)c1ccc(OCCCC2CCCO2)c(F)c1. The summed E-state index contributed by atoms with van der Waals surface area (Å²) in [4.78, 5) is 10.7. The van der Waals surface area contributed by atoms with Gasteiger partial charge in [-0.05, 0) is 43.9 Å². The molecule has 1 unspecified atom stereocenters. The van der Waals surface area contributed by atoms with Crippen LogP contribution in [0.5, 0.6) is 5.75 Å². The molecule has 0 aliphatic carbocycles. The molecule has 0 amide bonds. The first-order valence-electron chi connectivity index (χ1n) is 6.44. The first kappa shape index (κ1) is 13.8. The number of hydrogen-bond donors (Lipinski definition) is 1. The van der Waals surface area contributed by atoms with Crippen LogP contribution in [0.25, 0.3) is 0 Å². The molecule has 1 aromatic rings. The molecule has 5 heteroatoms. The number of carboxylic acids is 1. The molecule has 1 saturated heterocycles. The molecule has 1 atom stereocenters. The van der Waals surface area contributed by atoms with Crippen LogP contribution in [0.3, 0.4) is 0 Å². The number of benzene rings is 1. The van der Waals surface area contributed by atoms with Gasteiger partial charge in [-0.15, -0.1) is 0 Å². The lowest BCUT2D eigenvalue weighted by molar-refractivity contribution is 0.0696. The van der Waals surface area contributed by atoms with Gasteiger partial charge in [0, 0.05) is 6.61 Å². The van der Waals surface area contributed by atoms with Gasteiger partial charge in [0.05, 0.1) is 18.3 Å². The summed E-state index contributed by atoms with van der Waals surface area (Å²) in [5.41, 5.74) is -0.0794. The Kier molecular flexibility index (Phi) is 4.74. The molecule has 0 radical (unpaired) electrons. The highest BCUT2D eigenvalue weighted by Gasteiger charge is 2.15. The fraction of sp³-hybridized carbons (Fsp3) is 0.500. The predicted molar refractivity (Wildman–Crippen MR) is 67.1 cm³/mol. The summed E-state index contributed by atoms with van der Waals surface area (Å²) >= 11 is 0. The Balaban J connectivity index is 1.77. The maximum atomic E-state index is 13.5. The van der Waals surface area contributed by atoms with E-state index in [0.717, 1.165) is 38.4 Å². The molecular weight excluding hydrogens is 251 g/mol. The first-order chi connectivity index (χ1) is 9.16. The van der Waals surface area contributed by atoms with Crippen molar-refractivity contribution >= 4 is 5.97 Å². The first-order valence-corrected chi connectivity index (χ1v) is 6.44. The van der Waals surface area contributed by atoms with Gasteiger partial charge in [-0.1, -0.05) is 0 Å². The van der Waals surface area contributed by atoms with E-state index in [1.54, 1.807) is 0 Å². The summed E-state index contributed by atoms with van der Waals surface area (Å²) in [6, 6.07) is 3.66. The third-order valence-corrected chi connectivity index (χ3v) is 3.13. The number of carbonyl (C=O) groups is 1. The lowest BCUT2D eigenvalue weighted by atomic mass is 10.1. The molecule has 2 rings (SSSR count). The Morgan fingerprint density at radius 3 is 3.00 bits per heavy atom. The normalized spacial score (nSPS) is 18.5. The standard InChI is InChI=1S/C14H17FO4/c15-12-9-10(14(16)17)5-6-13(12)19-8-2-4-11-3-1-7-18-11/h5-6,9,11H,1-4,7-8H2,(H,16,17). The van der Waals surface area contributed by atoms with E-state index in [4.69, 9.17) is 14.6 Å². The average molecular weight is 268 g/mol. The van der Waals surface area contributed by atoms with Gasteiger partial charge in [-0.2, -0.15) is 0 Å². The quantitative estimate of drug-likeness (QED) is 0.806. The molecule has 0 spiro atoms. The van der Waals surface area contributed by atoms with Crippen LogP contribution < -0.4 is 4.74 Å². The van der Waals surface area contributed by atoms with Crippen LogP contribution in [-0.2, 0) is 4.74 Å². The molecule has 19 heavy (non-hydrogen) atoms. The highest BCUT2D eigenvalue weighted by atomic mass is 19.1. The summed E-state index contributed by atoms with van der Waals surface area (Å²) < 4.78 is 24.3. The van der Waals surface area contributed by atoms with Crippen LogP contribution in [0.15, 0.2) is 18.2 Å². The van der Waals surface area contributed by atoms with Gasteiger partial charge in [0.15, 0.2) is 11.6 Å². The van der Waals surface area contributed by atoms with Crippen LogP contribution in [0.2, 0.25) is 0 Å². The Bertz CT molecular complexity index is 441. The molecule has 0 aromatic heterocycles. The van der Waals surface area contributed by atoms with E-state index in [1.807, 2.05) is 0 Å². The lowest BCUT2D eigenvalue weighted by Gasteiger charge is -2.10. The Labute approximate surface area is 111 Å². The number of carboxylic acid groups (broad SMARTS) is 1. The smallest absolute Gasteiger partial charge is 0.335 e. The third-order valence-electron chi connectivity index (χ3n) is 3.13. The van der Waals surface area contributed by atoms with E-state index in [9.17, 15) is 9.18 Å². The summed E-state index contributed by atoms with van der Waals surface area (Å²) in [5, 5.41) is 8.71. The van der Waals surface area contributed by atoms with Crippen molar-refractivity contribution in [1.29, 1.82) is 0 Å². The number of rotatable bonds is 6. The van der Waals surface area contributed by atoms with Gasteiger partial charge in [0.1, 0.15) is 0 Å². The third kappa shape index (κ3) is 3.92. The highest BCUT2D eigenvalue weighted by molar-refractivity contribution is 5.87. The predicted octanol–water partition coefficient (Wildman–Crippen LogP) is 2.86. The minimum atomic E-state index is -1.15. The van der Waals surface area contributed by atoms with Crippen LogP contribution in [0.1, 0.15) is 36.0 Å². The Morgan fingerprint density at radius 1 is 1.53 bits per heavy atom. The average Bonchev–Trinajstić information content (AvgIpc) is 2.89. The Hall–Kier alpha value is -1.62. The van der Waals surface area contributed by atoms with E-state index in [-0.39, 0.29) is 11.3 Å². The number of ether oxygens (including phenoxy) is 2. The van der Waals surface area contributed by atoms with Crippen molar-refractivity contribution in [2.24, 2.45) is 0 Å². The lowest BCUT2D eigenvalue weighted by Crippen LogP contribution is -2.08. The van der Waals surface area contributed by atoms with Gasteiger partial charge in [-0.25, -0.2) is 9.18 Å². The van der Waals surface area contributed by atoms with E-state index in [1.165, 1.54) is 12.1 Å². The van der Waals surface area contributed by atoms with Crippen LogP contribution >= 0.6 is 0 Å². The molecule has 104 valence electrons. The molecule has 1 aliphatic heterocycles. The largest absolute Gasteiger partial charge is 0.491 e. The van der Waals surface area contributed by atoms with Crippen molar-refractivity contribution in [2.75, 3.05) is 13.2 Å². The van der Waals surface area contributed by atoms with Crippen molar-refractivity contribution in [2.45, 2.75) is 31.8 Å². The van der Waals surface area contributed by atoms with Crippen LogP contribution in [-0.4, -0.2) is 30.4 Å². The summed E-state index contributed by atoms with van der Waals surface area (Å²) in [6.07, 6.45) is 4.21. The molecular formula is C14H17FO4. The summed E-state index contributed by atoms with van der Waals surface area (Å²) in [5.74, 6) is -1.70. The zero-order valence-electron chi connectivity index (χ0n) is 10.6. The van der Waals surface area contributed by atoms with E-state index in [0.29, 0.717) is 12.7 Å². The Morgan fingerprint density at radius 2 is 2.37 bits per heavy atom. The van der Waals surface area contributed by atoms with Gasteiger partial charge >= 0.3 is 5.97 Å². The zero-order chi connectivity index (χ0) is 13.7. The monoisotopic (exact) mass is 268 g/mol. The molecule has 1 fully saturated rings. The van der Waals surface area contributed by atoms with Crippen molar-refractivity contribution in [1.82, 2.24) is 0 Å². The molecule has 0 saturated carbocycles. The zero-order valence-corrected chi connectivity index (χ0v) is 10.6. The summed E-state index contributed by atoms with van der Waals surface area (Å²) in [7, 11) is 0. The molecule has 1 heterocycles. The second kappa shape index (κ2) is 6.52. The summed E-state index contributed by atoms with van der Waals surface area (Å²) in [6.45, 7) is 1.24. The van der Waals surface area contributed by atoms with Crippen molar-refractivity contribution in [3.63, 3.8) is 0 Å². The fourth-order valence-corrected chi connectivity index (χ4v) is 2.12. The van der Waals surface area contributed by atoms with E-state index < -0.39 is 11.8 Å². The molecule has 0 bridgehead atoms. The van der Waals surface area contributed by atoms with Crippen molar-refractivity contribution in [3.8, 4) is 5.75 Å². The minimum absolute atomic E-state index is 0.0794. The van der Waals surface area contributed by atoms with Crippen LogP contribution in [0, 0.1) is 5.82 Å². The topological polar surface area (TPSA) is 55.8 Å². The van der Waals surface area contributed by atoms with Gasteiger partial charge in [0.2, 0.25) is 0 Å². The van der Waals surface area contributed by atoms with Crippen molar-refractivity contribution in [3.05, 3.63) is 29.6 Å². The molecule has 1 aliphatic rings. The van der Waals surface area contributed by atoms with E-state index in [2.05, 4.69) is 0 Å².